The highest BCUT2D eigenvalue weighted by atomic mass is 79.9. The number of aryl methyl sites for hydroxylation is 1. The molecule has 0 saturated heterocycles. The number of halogens is 2. The van der Waals surface area contributed by atoms with Gasteiger partial charge in [-0.25, -0.2) is 4.39 Å². The number of benzene rings is 1. The van der Waals surface area contributed by atoms with Gasteiger partial charge >= 0.3 is 5.82 Å². The molecule has 0 fully saturated rings. The number of nitrogens with one attached hydrogen (secondary N) is 1. The molecule has 1 N–H and O–H groups in total. The Morgan fingerprint density at radius 2 is 2.11 bits per heavy atom. The fourth-order valence-electron chi connectivity index (χ4n) is 2.65. The Bertz CT molecular complexity index is 1050. The molecule has 0 bridgehead atoms. The van der Waals surface area contributed by atoms with Crippen molar-refractivity contribution in [3.8, 4) is 0 Å². The number of hydrogen-bond donors (Lipinski definition) is 1. The van der Waals surface area contributed by atoms with Gasteiger partial charge in [-0.15, -0.1) is 0 Å². The number of amides is 1. The number of nitro groups is 1. The lowest BCUT2D eigenvalue weighted by Crippen LogP contribution is -2.25. The first-order valence-electron chi connectivity index (χ1n) is 8.24. The van der Waals surface area contributed by atoms with Crippen LogP contribution in [0.1, 0.15) is 24.2 Å². The minimum absolute atomic E-state index is 0.196. The Balaban J connectivity index is 1.75. The monoisotopic (exact) mass is 450 g/mol. The van der Waals surface area contributed by atoms with Crippen molar-refractivity contribution in [2.24, 2.45) is 0 Å². The van der Waals surface area contributed by atoms with E-state index in [4.69, 9.17) is 0 Å². The molecule has 0 spiro atoms. The molecular weight excluding hydrogens is 435 g/mol. The summed E-state index contributed by atoms with van der Waals surface area (Å²) in [6.45, 7) is 3.40. The van der Waals surface area contributed by atoms with Gasteiger partial charge in [0.05, 0.1) is 27.9 Å². The van der Waals surface area contributed by atoms with E-state index >= 15 is 0 Å². The van der Waals surface area contributed by atoms with E-state index in [1.807, 2.05) is 0 Å². The maximum Gasteiger partial charge on any atom is 0.390 e. The lowest BCUT2D eigenvalue weighted by Gasteiger charge is -2.10. The highest BCUT2D eigenvalue weighted by Crippen LogP contribution is 2.23. The van der Waals surface area contributed by atoms with Crippen molar-refractivity contribution in [1.29, 1.82) is 0 Å². The summed E-state index contributed by atoms with van der Waals surface area (Å²) in [5.74, 6) is -0.859. The van der Waals surface area contributed by atoms with Crippen LogP contribution in [-0.4, -0.2) is 30.4 Å². The predicted molar refractivity (Wildman–Crippen MR) is 102 cm³/mol. The molecular formula is C17H16BrFN6O3. The van der Waals surface area contributed by atoms with Gasteiger partial charge in [0.1, 0.15) is 11.9 Å². The Hall–Kier alpha value is -3.08. The Kier molecular flexibility index (Phi) is 5.54. The van der Waals surface area contributed by atoms with Crippen molar-refractivity contribution in [2.75, 3.05) is 5.32 Å². The van der Waals surface area contributed by atoms with Crippen LogP contribution in [-0.2, 0) is 11.3 Å². The van der Waals surface area contributed by atoms with Crippen LogP contribution in [0.5, 0.6) is 0 Å². The molecule has 3 rings (SSSR count). The molecule has 1 amide bonds. The lowest BCUT2D eigenvalue weighted by atomic mass is 10.2. The quantitative estimate of drug-likeness (QED) is 0.456. The van der Waals surface area contributed by atoms with Gasteiger partial charge < -0.3 is 15.4 Å². The molecule has 1 aromatic carbocycles. The van der Waals surface area contributed by atoms with E-state index in [9.17, 15) is 19.3 Å². The topological polar surface area (TPSA) is 108 Å². The summed E-state index contributed by atoms with van der Waals surface area (Å²) in [5.41, 5.74) is 0.946. The normalized spacial score (nSPS) is 12.0. The second-order valence-corrected chi connectivity index (χ2v) is 6.98. The standard InChI is InChI=1S/C17H16BrFN6O3/c1-10-7-15(25(27)28)21-24(10)11(2)17(26)20-16-13(18)9-23(22-16)8-12-5-3-4-6-14(12)19/h3-7,9,11H,8H2,1-2H3,(H,20,22,26). The zero-order valence-corrected chi connectivity index (χ0v) is 16.6. The van der Waals surface area contributed by atoms with Crippen molar-refractivity contribution >= 4 is 33.5 Å². The Labute approximate surface area is 167 Å². The minimum atomic E-state index is -0.794. The number of anilines is 1. The third-order valence-corrected chi connectivity index (χ3v) is 4.67. The number of aromatic nitrogens is 4. The summed E-state index contributed by atoms with van der Waals surface area (Å²) in [4.78, 5) is 22.8. The number of carbonyl (C=O) groups is 1. The van der Waals surface area contributed by atoms with Crippen LogP contribution >= 0.6 is 15.9 Å². The Morgan fingerprint density at radius 1 is 1.39 bits per heavy atom. The van der Waals surface area contributed by atoms with Gasteiger partial charge in [0.2, 0.25) is 0 Å². The molecule has 9 nitrogen and oxygen atoms in total. The smallest absolute Gasteiger partial charge is 0.358 e. The van der Waals surface area contributed by atoms with Crippen molar-refractivity contribution in [3.05, 3.63) is 68.2 Å². The zero-order chi connectivity index (χ0) is 20.4. The molecule has 0 aliphatic heterocycles. The highest BCUT2D eigenvalue weighted by molar-refractivity contribution is 9.10. The van der Waals surface area contributed by atoms with Crippen LogP contribution in [0.4, 0.5) is 16.0 Å². The largest absolute Gasteiger partial charge is 0.390 e. The van der Waals surface area contributed by atoms with E-state index in [2.05, 4.69) is 31.4 Å². The molecule has 0 aliphatic carbocycles. The molecule has 1 unspecified atom stereocenters. The van der Waals surface area contributed by atoms with Gasteiger partial charge in [0, 0.05) is 11.8 Å². The van der Waals surface area contributed by atoms with E-state index in [0.717, 1.165) is 0 Å². The molecule has 3 aromatic rings. The SMILES string of the molecule is Cc1cc([N+](=O)[O-])nn1C(C)C(=O)Nc1nn(Cc2ccccc2F)cc1Br. The summed E-state index contributed by atoms with van der Waals surface area (Å²) in [6.07, 6.45) is 1.62. The molecule has 28 heavy (non-hydrogen) atoms. The predicted octanol–water partition coefficient (Wildman–Crippen LogP) is 3.45. The summed E-state index contributed by atoms with van der Waals surface area (Å²) >= 11 is 3.32. The first-order valence-corrected chi connectivity index (χ1v) is 9.03. The molecule has 2 aromatic heterocycles. The number of carbonyl (C=O) groups excluding carboxylic acids is 1. The minimum Gasteiger partial charge on any atom is -0.358 e. The molecule has 0 saturated carbocycles. The van der Waals surface area contributed by atoms with Crippen LogP contribution in [0.25, 0.3) is 0 Å². The summed E-state index contributed by atoms with van der Waals surface area (Å²) in [7, 11) is 0. The van der Waals surface area contributed by atoms with Crippen molar-refractivity contribution in [2.45, 2.75) is 26.4 Å². The van der Waals surface area contributed by atoms with Gasteiger partial charge in [0.25, 0.3) is 5.91 Å². The third-order valence-electron chi connectivity index (χ3n) is 4.09. The van der Waals surface area contributed by atoms with Crippen molar-refractivity contribution in [3.63, 3.8) is 0 Å². The lowest BCUT2D eigenvalue weighted by molar-refractivity contribution is -0.389. The van der Waals surface area contributed by atoms with Crippen LogP contribution in [0.3, 0.4) is 0 Å². The molecule has 146 valence electrons. The third kappa shape index (κ3) is 4.09. The fraction of sp³-hybridized carbons (Fsp3) is 0.235. The average Bonchev–Trinajstić information content (AvgIpc) is 3.19. The highest BCUT2D eigenvalue weighted by Gasteiger charge is 2.25. The second kappa shape index (κ2) is 7.89. The van der Waals surface area contributed by atoms with Gasteiger partial charge in [-0.1, -0.05) is 18.2 Å². The van der Waals surface area contributed by atoms with Crippen LogP contribution in [0.2, 0.25) is 0 Å². The fourth-order valence-corrected chi connectivity index (χ4v) is 3.06. The molecule has 11 heteroatoms. The van der Waals surface area contributed by atoms with Gasteiger partial charge in [-0.2, -0.15) is 9.78 Å². The number of rotatable bonds is 6. The van der Waals surface area contributed by atoms with Crippen LogP contribution < -0.4 is 5.32 Å². The Morgan fingerprint density at radius 3 is 2.75 bits per heavy atom. The maximum absolute atomic E-state index is 13.8. The first-order chi connectivity index (χ1) is 13.3. The summed E-state index contributed by atoms with van der Waals surface area (Å²) < 4.78 is 17.1. The number of nitrogens with zero attached hydrogens (tertiary/aromatic N) is 5. The van der Waals surface area contributed by atoms with E-state index in [1.165, 1.54) is 21.5 Å². The van der Waals surface area contributed by atoms with E-state index in [0.29, 0.717) is 15.7 Å². The summed E-state index contributed by atoms with van der Waals surface area (Å²) in [6, 6.07) is 6.85. The number of hydrogen-bond acceptors (Lipinski definition) is 5. The van der Waals surface area contributed by atoms with Crippen LogP contribution in [0.15, 0.2) is 41.0 Å². The van der Waals surface area contributed by atoms with E-state index in [1.54, 1.807) is 38.2 Å². The van der Waals surface area contributed by atoms with Crippen molar-refractivity contribution < 1.29 is 14.1 Å². The van der Waals surface area contributed by atoms with Gasteiger partial charge in [0.15, 0.2) is 5.82 Å². The maximum atomic E-state index is 13.8. The first kappa shape index (κ1) is 19.7. The van der Waals surface area contributed by atoms with Gasteiger partial charge in [-0.3, -0.25) is 9.48 Å². The molecule has 0 radical (unpaired) electrons. The molecule has 0 aliphatic rings. The second-order valence-electron chi connectivity index (χ2n) is 6.13. The van der Waals surface area contributed by atoms with Crippen LogP contribution in [0, 0.1) is 22.9 Å². The average molecular weight is 451 g/mol. The van der Waals surface area contributed by atoms with E-state index in [-0.39, 0.29) is 24.0 Å². The molecule has 2 heterocycles. The van der Waals surface area contributed by atoms with Gasteiger partial charge in [-0.05, 0) is 40.8 Å². The molecule has 1 atom stereocenters. The summed E-state index contributed by atoms with van der Waals surface area (Å²) in [5, 5.41) is 21.6. The van der Waals surface area contributed by atoms with Crippen molar-refractivity contribution in [1.82, 2.24) is 19.6 Å². The van der Waals surface area contributed by atoms with E-state index < -0.39 is 16.9 Å². The zero-order valence-electron chi connectivity index (χ0n) is 15.0.